The molecule has 2 rings (SSSR count). The van der Waals surface area contributed by atoms with Crippen LogP contribution in [0.3, 0.4) is 0 Å². The number of carbonyl (C=O) groups is 1. The van der Waals surface area contributed by atoms with Gasteiger partial charge in [0.15, 0.2) is 0 Å². The number of para-hydroxylation sites is 1. The Morgan fingerprint density at radius 3 is 2.50 bits per heavy atom. The zero-order valence-corrected chi connectivity index (χ0v) is 12.7. The Bertz CT molecular complexity index is 661. The molecule has 2 aromatic carbocycles. The van der Waals surface area contributed by atoms with Crippen molar-refractivity contribution in [2.24, 2.45) is 0 Å². The minimum atomic E-state index is -1.50. The van der Waals surface area contributed by atoms with Gasteiger partial charge in [0, 0.05) is 6.54 Å². The van der Waals surface area contributed by atoms with Crippen LogP contribution in [0.15, 0.2) is 42.5 Å². The lowest BCUT2D eigenvalue weighted by Crippen LogP contribution is -2.30. The first-order valence-corrected chi connectivity index (χ1v) is 6.96. The van der Waals surface area contributed by atoms with E-state index in [1.165, 1.54) is 7.11 Å². The first-order chi connectivity index (χ1) is 10.5. The number of methoxy groups -OCH3 is 1. The van der Waals surface area contributed by atoms with Gasteiger partial charge >= 0.3 is 7.12 Å². The quantitative estimate of drug-likeness (QED) is 0.717. The fourth-order valence-corrected chi connectivity index (χ4v) is 2.23. The van der Waals surface area contributed by atoms with E-state index in [1.807, 2.05) is 0 Å². The Morgan fingerprint density at radius 2 is 1.91 bits per heavy atom. The molecule has 0 aliphatic carbocycles. The number of amides is 1. The molecule has 0 saturated carbocycles. The fraction of sp³-hybridized carbons (Fsp3) is 0.133. The Morgan fingerprint density at radius 1 is 1.23 bits per heavy atom. The number of ether oxygens (including phenoxy) is 1. The van der Waals surface area contributed by atoms with Gasteiger partial charge in [0.25, 0.3) is 5.91 Å². The van der Waals surface area contributed by atoms with Crippen molar-refractivity contribution < 1.29 is 19.6 Å². The maximum atomic E-state index is 12.2. The van der Waals surface area contributed by atoms with Crippen molar-refractivity contribution in [3.63, 3.8) is 0 Å². The molecule has 0 unspecified atom stereocenters. The highest BCUT2D eigenvalue weighted by molar-refractivity contribution is 6.58. The third kappa shape index (κ3) is 3.79. The summed E-state index contributed by atoms with van der Waals surface area (Å²) >= 11 is 5.99. The summed E-state index contributed by atoms with van der Waals surface area (Å²) in [6.07, 6.45) is 0. The molecule has 0 bridgehead atoms. The van der Waals surface area contributed by atoms with Crippen LogP contribution in [-0.2, 0) is 6.54 Å². The second-order valence-corrected chi connectivity index (χ2v) is 5.03. The third-order valence-electron chi connectivity index (χ3n) is 3.15. The van der Waals surface area contributed by atoms with E-state index in [2.05, 4.69) is 5.32 Å². The second kappa shape index (κ2) is 7.31. The maximum Gasteiger partial charge on any atom is 0.488 e. The van der Waals surface area contributed by atoms with Crippen LogP contribution in [0.2, 0.25) is 5.02 Å². The predicted octanol–water partition coefficient (Wildman–Crippen LogP) is 0.958. The average Bonchev–Trinajstić information content (AvgIpc) is 2.52. The van der Waals surface area contributed by atoms with Gasteiger partial charge in [-0.1, -0.05) is 41.9 Å². The van der Waals surface area contributed by atoms with Gasteiger partial charge in [-0.25, -0.2) is 0 Å². The van der Waals surface area contributed by atoms with Crippen molar-refractivity contribution in [1.29, 1.82) is 0 Å². The van der Waals surface area contributed by atoms with Crippen LogP contribution in [0.1, 0.15) is 15.9 Å². The smallest absolute Gasteiger partial charge is 0.488 e. The molecule has 0 radical (unpaired) electrons. The fourth-order valence-electron chi connectivity index (χ4n) is 1.98. The first-order valence-electron chi connectivity index (χ1n) is 6.58. The van der Waals surface area contributed by atoms with Crippen LogP contribution in [-0.4, -0.2) is 30.2 Å². The summed E-state index contributed by atoms with van der Waals surface area (Å²) < 4.78 is 5.14. The molecule has 0 aromatic heterocycles. The van der Waals surface area contributed by atoms with Crippen molar-refractivity contribution in [3.05, 3.63) is 58.6 Å². The van der Waals surface area contributed by atoms with E-state index < -0.39 is 7.12 Å². The Labute approximate surface area is 133 Å². The monoisotopic (exact) mass is 319 g/mol. The van der Waals surface area contributed by atoms with E-state index in [1.54, 1.807) is 42.5 Å². The number of carbonyl (C=O) groups excluding carboxylic acids is 1. The van der Waals surface area contributed by atoms with E-state index in [0.29, 0.717) is 28.3 Å². The molecule has 0 atom stereocenters. The second-order valence-electron chi connectivity index (χ2n) is 4.62. The van der Waals surface area contributed by atoms with Crippen molar-refractivity contribution in [2.75, 3.05) is 7.11 Å². The first kappa shape index (κ1) is 16.4. The third-order valence-corrected chi connectivity index (χ3v) is 3.44. The van der Waals surface area contributed by atoms with Gasteiger partial charge < -0.3 is 20.1 Å². The highest BCUT2D eigenvalue weighted by Gasteiger charge is 2.15. The minimum absolute atomic E-state index is 0.300. The van der Waals surface area contributed by atoms with Gasteiger partial charge in [-0.3, -0.25) is 4.79 Å². The number of hydrogen-bond acceptors (Lipinski definition) is 4. The topological polar surface area (TPSA) is 78.8 Å². The number of hydrogen-bond donors (Lipinski definition) is 3. The normalized spacial score (nSPS) is 10.2. The van der Waals surface area contributed by atoms with E-state index in [0.717, 1.165) is 5.56 Å². The molecule has 7 heteroatoms. The summed E-state index contributed by atoms with van der Waals surface area (Å²) in [6.45, 7) is 0.302. The largest absolute Gasteiger partial charge is 0.494 e. The van der Waals surface area contributed by atoms with E-state index in [4.69, 9.17) is 26.4 Å². The summed E-state index contributed by atoms with van der Waals surface area (Å²) in [5.41, 5.74) is 1.59. The van der Waals surface area contributed by atoms with E-state index in [-0.39, 0.29) is 5.91 Å². The van der Waals surface area contributed by atoms with Crippen LogP contribution < -0.4 is 15.5 Å². The zero-order valence-electron chi connectivity index (χ0n) is 11.9. The standard InChI is InChI=1S/C15H15BClNO4/c1-22-14-12(3-2-4-13(14)17)15(19)18-9-10-5-7-11(8-6-10)16(20)21/h2-8,20-21H,9H2,1H3,(H,18,19). The molecule has 0 aliphatic heterocycles. The van der Waals surface area contributed by atoms with Gasteiger partial charge in [-0.05, 0) is 23.2 Å². The van der Waals surface area contributed by atoms with Crippen LogP contribution >= 0.6 is 11.6 Å². The van der Waals surface area contributed by atoms with Crippen LogP contribution in [0, 0.1) is 0 Å². The lowest BCUT2D eigenvalue weighted by Gasteiger charge is -2.11. The van der Waals surface area contributed by atoms with Gasteiger partial charge in [-0.15, -0.1) is 0 Å². The predicted molar refractivity (Wildman–Crippen MR) is 85.4 cm³/mol. The highest BCUT2D eigenvalue weighted by atomic mass is 35.5. The zero-order chi connectivity index (χ0) is 16.1. The molecule has 22 heavy (non-hydrogen) atoms. The number of rotatable bonds is 5. The maximum absolute atomic E-state index is 12.2. The molecule has 114 valence electrons. The Hall–Kier alpha value is -2.02. The minimum Gasteiger partial charge on any atom is -0.494 e. The van der Waals surface area contributed by atoms with Crippen molar-refractivity contribution >= 4 is 30.1 Å². The molecule has 3 N–H and O–H groups in total. The van der Waals surface area contributed by atoms with Crippen LogP contribution in [0.5, 0.6) is 5.75 Å². The van der Waals surface area contributed by atoms with Crippen LogP contribution in [0.25, 0.3) is 0 Å². The van der Waals surface area contributed by atoms with Gasteiger partial charge in [0.1, 0.15) is 5.75 Å². The Balaban J connectivity index is 2.05. The van der Waals surface area contributed by atoms with Crippen molar-refractivity contribution in [3.8, 4) is 5.75 Å². The molecular formula is C15H15BClNO4. The lowest BCUT2D eigenvalue weighted by atomic mass is 9.80. The number of nitrogens with one attached hydrogen (secondary N) is 1. The molecule has 0 fully saturated rings. The molecule has 1 amide bonds. The van der Waals surface area contributed by atoms with E-state index >= 15 is 0 Å². The Kier molecular flexibility index (Phi) is 5.43. The molecule has 0 aliphatic rings. The van der Waals surface area contributed by atoms with Crippen LogP contribution in [0.4, 0.5) is 0 Å². The average molecular weight is 320 g/mol. The molecule has 0 heterocycles. The lowest BCUT2D eigenvalue weighted by molar-refractivity contribution is 0.0948. The number of halogens is 1. The SMILES string of the molecule is COc1c(Cl)cccc1C(=O)NCc1ccc(B(O)O)cc1. The van der Waals surface area contributed by atoms with Crippen molar-refractivity contribution in [2.45, 2.75) is 6.54 Å². The van der Waals surface area contributed by atoms with E-state index in [9.17, 15) is 4.79 Å². The summed E-state index contributed by atoms with van der Waals surface area (Å²) in [4.78, 5) is 12.2. The van der Waals surface area contributed by atoms with Gasteiger partial charge in [0.2, 0.25) is 0 Å². The summed E-state index contributed by atoms with van der Waals surface area (Å²) in [6, 6.07) is 11.6. The number of benzene rings is 2. The highest BCUT2D eigenvalue weighted by Crippen LogP contribution is 2.28. The summed E-state index contributed by atoms with van der Waals surface area (Å²) in [7, 11) is -0.0453. The molecule has 2 aromatic rings. The van der Waals surface area contributed by atoms with Crippen molar-refractivity contribution in [1.82, 2.24) is 5.32 Å². The summed E-state index contributed by atoms with van der Waals surface area (Å²) in [5, 5.41) is 21.2. The molecule has 0 saturated heterocycles. The molecule has 5 nitrogen and oxygen atoms in total. The molecular weight excluding hydrogens is 304 g/mol. The summed E-state index contributed by atoms with van der Waals surface area (Å²) in [5.74, 6) is 0.0334. The van der Waals surface area contributed by atoms with Gasteiger partial charge in [-0.2, -0.15) is 0 Å². The molecule has 0 spiro atoms. The van der Waals surface area contributed by atoms with Gasteiger partial charge in [0.05, 0.1) is 17.7 Å².